The number of hydrogen-bond acceptors (Lipinski definition) is 4. The van der Waals surface area contributed by atoms with Crippen molar-refractivity contribution in [2.24, 2.45) is 7.05 Å². The number of aromatic amines is 1. The lowest BCUT2D eigenvalue weighted by Gasteiger charge is -1.95. The van der Waals surface area contributed by atoms with Crippen molar-refractivity contribution >= 4 is 30.7 Å². The Balaban J connectivity index is 3.03. The molecule has 2 rings (SSSR count). The van der Waals surface area contributed by atoms with E-state index in [1.165, 1.54) is 0 Å². The Bertz CT molecular complexity index is 528. The highest BCUT2D eigenvalue weighted by Gasteiger charge is 2.08. The van der Waals surface area contributed by atoms with Gasteiger partial charge in [-0.05, 0) is 0 Å². The van der Waals surface area contributed by atoms with Gasteiger partial charge in [0, 0.05) is 7.05 Å². The summed E-state index contributed by atoms with van der Waals surface area (Å²) in [6, 6.07) is 0. The zero-order valence-electron chi connectivity index (χ0n) is 7.33. The van der Waals surface area contributed by atoms with Gasteiger partial charge in [0.25, 0.3) is 5.56 Å². The normalized spacial score (nSPS) is 10.8. The number of nitrogens with two attached hydrogens (primary N) is 1. The maximum Gasteiger partial charge on any atom is 0.280 e. The van der Waals surface area contributed by atoms with Gasteiger partial charge in [-0.15, -0.1) is 0 Å². The average molecular weight is 177 g/mol. The van der Waals surface area contributed by atoms with E-state index in [2.05, 4.69) is 15.0 Å². The van der Waals surface area contributed by atoms with Crippen molar-refractivity contribution in [2.75, 3.05) is 5.73 Å². The topological polar surface area (TPSA) is 89.6 Å². The number of hydrogen-bond donors (Lipinski definition) is 2. The Morgan fingerprint density at radius 2 is 2.23 bits per heavy atom. The summed E-state index contributed by atoms with van der Waals surface area (Å²) in [7, 11) is 3.59. The molecule has 2 aromatic heterocycles. The summed E-state index contributed by atoms with van der Waals surface area (Å²) in [5.41, 5.74) is 6.67. The second kappa shape index (κ2) is 2.35. The first-order chi connectivity index (χ1) is 6.09. The summed E-state index contributed by atoms with van der Waals surface area (Å²) in [5, 5.41) is 0. The zero-order chi connectivity index (χ0) is 9.59. The van der Waals surface area contributed by atoms with Crippen molar-refractivity contribution in [3.05, 3.63) is 10.4 Å². The van der Waals surface area contributed by atoms with Gasteiger partial charge in [-0.3, -0.25) is 9.78 Å². The summed E-state index contributed by atoms with van der Waals surface area (Å²) in [4.78, 5) is 21.7. The number of aryl methyl sites for hydroxylation is 1. The number of nitrogens with zero attached hydrogens (tertiary/aromatic N) is 3. The first-order valence-corrected chi connectivity index (χ1v) is 3.78. The van der Waals surface area contributed by atoms with Crippen molar-refractivity contribution in [2.45, 2.75) is 0 Å². The first kappa shape index (κ1) is 7.84. The lowest BCUT2D eigenvalue weighted by molar-refractivity contribution is 0.965. The van der Waals surface area contributed by atoms with Crippen LogP contribution in [0.4, 0.5) is 5.95 Å². The molecule has 0 saturated carbocycles. The molecule has 2 aromatic rings. The molecule has 0 bridgehead atoms. The molecule has 0 atom stereocenters. The number of nitrogens with one attached hydrogen (secondary N) is 1. The standard InChI is InChI=1S/C6H8BN5O/c1-12-3-2(9-5(12)7)4(13)11-6(8)10-3/h7H2,1H3,(H3,8,10,11,13). The van der Waals surface area contributed by atoms with Gasteiger partial charge < -0.3 is 10.3 Å². The van der Waals surface area contributed by atoms with Crippen LogP contribution in [-0.2, 0) is 7.05 Å². The van der Waals surface area contributed by atoms with E-state index in [-0.39, 0.29) is 11.5 Å². The molecule has 0 fully saturated rings. The molecule has 0 aromatic carbocycles. The number of aromatic nitrogens is 4. The lowest BCUT2D eigenvalue weighted by atomic mass is 10.1. The van der Waals surface area contributed by atoms with E-state index in [1.807, 2.05) is 0 Å². The van der Waals surface area contributed by atoms with Crippen LogP contribution in [0.25, 0.3) is 11.2 Å². The number of nitrogen functional groups attached to an aromatic ring is 1. The highest BCUT2D eigenvalue weighted by molar-refractivity contribution is 6.30. The maximum absolute atomic E-state index is 11.3. The molecule has 0 amide bonds. The highest BCUT2D eigenvalue weighted by Crippen LogP contribution is 2.01. The van der Waals surface area contributed by atoms with Gasteiger partial charge in [-0.2, -0.15) is 4.98 Å². The van der Waals surface area contributed by atoms with Crippen molar-refractivity contribution in [3.63, 3.8) is 0 Å². The molecule has 2 heterocycles. The Kier molecular flexibility index (Phi) is 1.42. The number of imidazole rings is 1. The lowest BCUT2D eigenvalue weighted by Crippen LogP contribution is -2.15. The van der Waals surface area contributed by atoms with Crippen LogP contribution in [0.1, 0.15) is 0 Å². The second-order valence-corrected chi connectivity index (χ2v) is 2.84. The maximum atomic E-state index is 11.3. The van der Waals surface area contributed by atoms with Gasteiger partial charge in [-0.1, -0.05) is 0 Å². The SMILES string of the molecule is Bc1nc2c(=O)[nH]c(N)nc2n1C. The third-order valence-corrected chi connectivity index (χ3v) is 1.97. The van der Waals surface area contributed by atoms with Crippen LogP contribution in [0, 0.1) is 0 Å². The van der Waals surface area contributed by atoms with Crippen molar-refractivity contribution in [3.8, 4) is 0 Å². The predicted molar refractivity (Wildman–Crippen MR) is 51.7 cm³/mol. The van der Waals surface area contributed by atoms with Gasteiger partial charge >= 0.3 is 0 Å². The number of anilines is 1. The van der Waals surface area contributed by atoms with Gasteiger partial charge in [-0.25, -0.2) is 4.98 Å². The number of fused-ring (bicyclic) bond motifs is 1. The van der Waals surface area contributed by atoms with E-state index in [0.717, 1.165) is 5.72 Å². The molecule has 6 nitrogen and oxygen atoms in total. The molecule has 0 radical (unpaired) electrons. The fourth-order valence-electron chi connectivity index (χ4n) is 1.20. The Morgan fingerprint density at radius 1 is 1.54 bits per heavy atom. The van der Waals surface area contributed by atoms with Gasteiger partial charge in [0.15, 0.2) is 19.0 Å². The third-order valence-electron chi connectivity index (χ3n) is 1.97. The van der Waals surface area contributed by atoms with Crippen LogP contribution in [-0.4, -0.2) is 27.4 Å². The van der Waals surface area contributed by atoms with Crippen LogP contribution in [0.5, 0.6) is 0 Å². The highest BCUT2D eigenvalue weighted by atomic mass is 16.1. The van der Waals surface area contributed by atoms with Crippen molar-refractivity contribution in [1.82, 2.24) is 19.5 Å². The fourth-order valence-corrected chi connectivity index (χ4v) is 1.20. The summed E-state index contributed by atoms with van der Waals surface area (Å²) >= 11 is 0. The molecule has 0 aliphatic carbocycles. The minimum absolute atomic E-state index is 0.112. The molecular weight excluding hydrogens is 169 g/mol. The Labute approximate surface area is 74.2 Å². The molecule has 13 heavy (non-hydrogen) atoms. The van der Waals surface area contributed by atoms with Crippen LogP contribution in [0.3, 0.4) is 0 Å². The number of H-pyrrole nitrogens is 1. The van der Waals surface area contributed by atoms with E-state index in [4.69, 9.17) is 5.73 Å². The van der Waals surface area contributed by atoms with Crippen LogP contribution in [0.2, 0.25) is 0 Å². The van der Waals surface area contributed by atoms with E-state index in [1.54, 1.807) is 19.5 Å². The van der Waals surface area contributed by atoms with Gasteiger partial charge in [0.1, 0.15) is 0 Å². The minimum Gasteiger partial charge on any atom is -0.369 e. The smallest absolute Gasteiger partial charge is 0.280 e. The molecule has 0 unspecified atom stereocenters. The van der Waals surface area contributed by atoms with Gasteiger partial charge in [0.2, 0.25) is 5.95 Å². The van der Waals surface area contributed by atoms with Crippen LogP contribution in [0.15, 0.2) is 4.79 Å². The third kappa shape index (κ3) is 1.00. The molecule has 66 valence electrons. The summed E-state index contributed by atoms with van der Waals surface area (Å²) in [5.74, 6) is 0.112. The minimum atomic E-state index is -0.300. The van der Waals surface area contributed by atoms with Crippen LogP contribution >= 0.6 is 0 Å². The summed E-state index contributed by atoms with van der Waals surface area (Å²) in [6.45, 7) is 0. The van der Waals surface area contributed by atoms with E-state index in [0.29, 0.717) is 11.2 Å². The van der Waals surface area contributed by atoms with E-state index >= 15 is 0 Å². The zero-order valence-corrected chi connectivity index (χ0v) is 7.33. The van der Waals surface area contributed by atoms with Crippen molar-refractivity contribution in [1.29, 1.82) is 0 Å². The Morgan fingerprint density at radius 3 is 2.92 bits per heavy atom. The first-order valence-electron chi connectivity index (χ1n) is 3.78. The Hall–Kier alpha value is -1.79. The molecule has 0 aliphatic heterocycles. The molecule has 0 aliphatic rings. The van der Waals surface area contributed by atoms with Gasteiger partial charge in [0.05, 0.1) is 5.72 Å². The van der Waals surface area contributed by atoms with E-state index in [9.17, 15) is 4.79 Å². The second-order valence-electron chi connectivity index (χ2n) is 2.84. The molecule has 0 saturated heterocycles. The van der Waals surface area contributed by atoms with Crippen LogP contribution < -0.4 is 17.0 Å². The molecule has 7 heteroatoms. The predicted octanol–water partition coefficient (Wildman–Crippen LogP) is -2.50. The largest absolute Gasteiger partial charge is 0.369 e. The molecular formula is C6H8BN5O. The number of rotatable bonds is 0. The summed E-state index contributed by atoms with van der Waals surface area (Å²) < 4.78 is 1.72. The monoisotopic (exact) mass is 177 g/mol. The van der Waals surface area contributed by atoms with E-state index < -0.39 is 0 Å². The molecule has 3 N–H and O–H groups in total. The summed E-state index contributed by atoms with van der Waals surface area (Å²) in [6.07, 6.45) is 0. The molecule has 0 spiro atoms. The van der Waals surface area contributed by atoms with Crippen molar-refractivity contribution < 1.29 is 0 Å². The fraction of sp³-hybridized carbons (Fsp3) is 0.167. The average Bonchev–Trinajstić information content (AvgIpc) is 2.32. The quantitative estimate of drug-likeness (QED) is 0.435.